The summed E-state index contributed by atoms with van der Waals surface area (Å²) in [5, 5.41) is 0. The SMILES string of the molecule is CCOC(=O)COc1cc(OC)c2c(c1)OC1(CCCCC1)CC21SCCS1. The second kappa shape index (κ2) is 8.27. The summed E-state index contributed by atoms with van der Waals surface area (Å²) in [5.41, 5.74) is 1.04. The largest absolute Gasteiger partial charge is 0.496 e. The van der Waals surface area contributed by atoms with Gasteiger partial charge in [-0.2, -0.15) is 0 Å². The van der Waals surface area contributed by atoms with Crippen LogP contribution in [-0.4, -0.2) is 43.4 Å². The first-order valence-corrected chi connectivity index (χ1v) is 12.0. The van der Waals surface area contributed by atoms with E-state index in [-0.39, 0.29) is 22.3 Å². The second-order valence-electron chi connectivity index (χ2n) is 7.56. The number of fused-ring (bicyclic) bond motifs is 2. The van der Waals surface area contributed by atoms with Gasteiger partial charge in [0.05, 0.1) is 23.4 Å². The molecule has 0 bridgehead atoms. The van der Waals surface area contributed by atoms with Gasteiger partial charge in [-0.1, -0.05) is 6.42 Å². The van der Waals surface area contributed by atoms with Crippen LogP contribution < -0.4 is 14.2 Å². The number of methoxy groups -OCH3 is 1. The van der Waals surface area contributed by atoms with E-state index in [9.17, 15) is 4.79 Å². The summed E-state index contributed by atoms with van der Waals surface area (Å²) >= 11 is 4.05. The second-order valence-corrected chi connectivity index (χ2v) is 10.6. The van der Waals surface area contributed by atoms with Gasteiger partial charge in [-0.05, 0) is 32.6 Å². The lowest BCUT2D eigenvalue weighted by Crippen LogP contribution is -2.46. The van der Waals surface area contributed by atoms with Gasteiger partial charge < -0.3 is 18.9 Å². The van der Waals surface area contributed by atoms with E-state index < -0.39 is 0 Å². The fourth-order valence-corrected chi connectivity index (χ4v) is 8.15. The van der Waals surface area contributed by atoms with Gasteiger partial charge in [0.15, 0.2) is 6.61 Å². The molecule has 1 aromatic rings. The number of hydrogen-bond acceptors (Lipinski definition) is 7. The molecule has 1 saturated heterocycles. The Hall–Kier alpha value is -1.21. The summed E-state index contributed by atoms with van der Waals surface area (Å²) in [5.74, 6) is 4.13. The van der Waals surface area contributed by atoms with Crippen molar-refractivity contribution in [2.45, 2.75) is 55.1 Å². The molecule has 0 aromatic heterocycles. The number of carbonyl (C=O) groups is 1. The molecule has 0 radical (unpaired) electrons. The molecular formula is C21H28O5S2. The van der Waals surface area contributed by atoms with Gasteiger partial charge >= 0.3 is 5.97 Å². The van der Waals surface area contributed by atoms with E-state index in [0.717, 1.165) is 47.8 Å². The number of rotatable bonds is 5. The lowest BCUT2D eigenvalue weighted by molar-refractivity contribution is -0.145. The summed E-state index contributed by atoms with van der Waals surface area (Å²) < 4.78 is 23.1. The predicted molar refractivity (Wildman–Crippen MR) is 113 cm³/mol. The van der Waals surface area contributed by atoms with Crippen molar-refractivity contribution in [2.75, 3.05) is 31.8 Å². The van der Waals surface area contributed by atoms with Crippen LogP contribution in [-0.2, 0) is 13.6 Å². The molecule has 3 aliphatic rings. The van der Waals surface area contributed by atoms with Crippen LogP contribution in [0.25, 0.3) is 0 Å². The maximum Gasteiger partial charge on any atom is 0.344 e. The molecule has 2 spiro atoms. The van der Waals surface area contributed by atoms with E-state index in [0.29, 0.717) is 12.4 Å². The zero-order valence-corrected chi connectivity index (χ0v) is 18.2. The Morgan fingerprint density at radius 3 is 2.61 bits per heavy atom. The Balaban J connectivity index is 1.69. The van der Waals surface area contributed by atoms with Crippen LogP contribution in [0, 0.1) is 0 Å². The molecule has 2 fully saturated rings. The fraction of sp³-hybridized carbons (Fsp3) is 0.667. The molecule has 0 amide bonds. The summed E-state index contributed by atoms with van der Waals surface area (Å²) in [6, 6.07) is 3.81. The highest BCUT2D eigenvalue weighted by Crippen LogP contribution is 2.65. The van der Waals surface area contributed by atoms with Crippen molar-refractivity contribution in [2.24, 2.45) is 0 Å². The summed E-state index contributed by atoms with van der Waals surface area (Å²) in [6.07, 6.45) is 6.96. The number of hydrogen-bond donors (Lipinski definition) is 0. The van der Waals surface area contributed by atoms with Crippen molar-refractivity contribution >= 4 is 29.5 Å². The Labute approximate surface area is 175 Å². The number of thioether (sulfide) groups is 2. The molecule has 0 N–H and O–H groups in total. The molecule has 0 unspecified atom stereocenters. The van der Waals surface area contributed by atoms with E-state index in [1.807, 2.05) is 35.7 Å². The van der Waals surface area contributed by atoms with E-state index in [1.165, 1.54) is 19.3 Å². The molecule has 5 nitrogen and oxygen atoms in total. The Kier molecular flexibility index (Phi) is 5.93. The summed E-state index contributed by atoms with van der Waals surface area (Å²) in [4.78, 5) is 11.7. The third-order valence-electron chi connectivity index (χ3n) is 5.70. The van der Waals surface area contributed by atoms with Gasteiger partial charge in [0.25, 0.3) is 0 Å². The Morgan fingerprint density at radius 1 is 1.18 bits per heavy atom. The first-order valence-electron chi connectivity index (χ1n) is 10.1. The van der Waals surface area contributed by atoms with E-state index in [1.54, 1.807) is 14.0 Å². The lowest BCUT2D eigenvalue weighted by atomic mass is 9.78. The van der Waals surface area contributed by atoms with Gasteiger partial charge in [0.1, 0.15) is 22.8 Å². The van der Waals surface area contributed by atoms with Gasteiger partial charge in [-0.3, -0.25) is 0 Å². The third kappa shape index (κ3) is 3.80. The number of ether oxygens (including phenoxy) is 4. The Bertz CT molecular complexity index is 724. The van der Waals surface area contributed by atoms with E-state index in [4.69, 9.17) is 18.9 Å². The van der Waals surface area contributed by atoms with Crippen LogP contribution in [0.1, 0.15) is 51.0 Å². The van der Waals surface area contributed by atoms with Gasteiger partial charge in [-0.15, -0.1) is 23.5 Å². The van der Waals surface area contributed by atoms with Gasteiger partial charge in [0.2, 0.25) is 0 Å². The van der Waals surface area contributed by atoms with Crippen molar-refractivity contribution < 1.29 is 23.7 Å². The molecule has 7 heteroatoms. The molecule has 1 aliphatic carbocycles. The summed E-state index contributed by atoms with van der Waals surface area (Å²) in [7, 11) is 1.69. The minimum atomic E-state index is -0.373. The number of carbonyl (C=O) groups excluding carboxylic acids is 1. The molecular weight excluding hydrogens is 396 g/mol. The highest BCUT2D eigenvalue weighted by atomic mass is 32.2. The van der Waals surface area contributed by atoms with Crippen molar-refractivity contribution in [3.05, 3.63) is 17.7 Å². The molecule has 1 saturated carbocycles. The van der Waals surface area contributed by atoms with Gasteiger partial charge in [0, 0.05) is 30.1 Å². The molecule has 2 heterocycles. The average molecular weight is 425 g/mol. The van der Waals surface area contributed by atoms with Crippen LogP contribution in [0.2, 0.25) is 0 Å². The van der Waals surface area contributed by atoms with Gasteiger partial charge in [-0.25, -0.2) is 4.79 Å². The summed E-state index contributed by atoms with van der Waals surface area (Å²) in [6.45, 7) is 2.02. The van der Waals surface area contributed by atoms with E-state index >= 15 is 0 Å². The maximum atomic E-state index is 11.7. The maximum absolute atomic E-state index is 11.7. The zero-order chi connectivity index (χ0) is 19.6. The van der Waals surface area contributed by atoms with Crippen molar-refractivity contribution in [3.8, 4) is 17.2 Å². The van der Waals surface area contributed by atoms with E-state index in [2.05, 4.69) is 0 Å². The molecule has 0 atom stereocenters. The van der Waals surface area contributed by atoms with Crippen LogP contribution in [0.4, 0.5) is 0 Å². The quantitative estimate of drug-likeness (QED) is 0.632. The molecule has 154 valence electrons. The van der Waals surface area contributed by atoms with Crippen LogP contribution in [0.15, 0.2) is 12.1 Å². The molecule has 1 aromatic carbocycles. The minimum absolute atomic E-state index is 0.0179. The molecule has 2 aliphatic heterocycles. The lowest BCUT2D eigenvalue weighted by Gasteiger charge is -2.48. The van der Waals surface area contributed by atoms with Crippen LogP contribution >= 0.6 is 23.5 Å². The first kappa shape index (κ1) is 20.1. The zero-order valence-electron chi connectivity index (χ0n) is 16.6. The smallest absolute Gasteiger partial charge is 0.344 e. The highest BCUT2D eigenvalue weighted by Gasteiger charge is 2.53. The number of esters is 1. The third-order valence-corrected chi connectivity index (χ3v) is 9.11. The normalized spacial score (nSPS) is 21.8. The van der Waals surface area contributed by atoms with Crippen molar-refractivity contribution in [1.29, 1.82) is 0 Å². The minimum Gasteiger partial charge on any atom is -0.496 e. The number of benzene rings is 1. The molecule has 4 rings (SSSR count). The first-order chi connectivity index (χ1) is 13.6. The predicted octanol–water partition coefficient (Wildman–Crippen LogP) is 4.76. The average Bonchev–Trinajstić information content (AvgIpc) is 3.14. The topological polar surface area (TPSA) is 54.0 Å². The fourth-order valence-electron chi connectivity index (χ4n) is 4.57. The highest BCUT2D eigenvalue weighted by molar-refractivity contribution is 8.20. The van der Waals surface area contributed by atoms with Crippen molar-refractivity contribution in [3.63, 3.8) is 0 Å². The standard InChI is InChI=1S/C21H28O5S2/c1-3-24-18(22)13-25-15-11-16(23-2)19-17(12-15)26-20(7-5-4-6-8-20)14-21(19)27-9-10-28-21/h11-12H,3-10,13-14H2,1-2H3. The monoisotopic (exact) mass is 424 g/mol. The van der Waals surface area contributed by atoms with Crippen molar-refractivity contribution in [1.82, 2.24) is 0 Å². The Morgan fingerprint density at radius 2 is 1.93 bits per heavy atom. The van der Waals surface area contributed by atoms with Crippen LogP contribution in [0.5, 0.6) is 17.2 Å². The molecule has 28 heavy (non-hydrogen) atoms. The van der Waals surface area contributed by atoms with Crippen LogP contribution in [0.3, 0.4) is 0 Å².